The van der Waals surface area contributed by atoms with Gasteiger partial charge in [-0.25, -0.2) is 0 Å². The van der Waals surface area contributed by atoms with Gasteiger partial charge in [-0.05, 0) is 43.2 Å². The summed E-state index contributed by atoms with van der Waals surface area (Å²) in [5, 5.41) is 9.23. The molecule has 0 radical (unpaired) electrons. The molecule has 0 atom stereocenters. The summed E-state index contributed by atoms with van der Waals surface area (Å²) in [5.74, 6) is 1.41. The molecular formula is C23H32N4O3. The van der Waals surface area contributed by atoms with Crippen LogP contribution in [0.25, 0.3) is 0 Å². The Labute approximate surface area is 178 Å². The molecule has 2 rings (SSSR count). The fourth-order valence-corrected chi connectivity index (χ4v) is 2.85. The third kappa shape index (κ3) is 7.40. The third-order valence-electron chi connectivity index (χ3n) is 4.46. The Balaban J connectivity index is 1.93. The molecule has 0 heterocycles. The molecule has 1 amide bonds. The van der Waals surface area contributed by atoms with Crippen molar-refractivity contribution in [3.05, 3.63) is 64.7 Å². The Morgan fingerprint density at radius 2 is 1.87 bits per heavy atom. The summed E-state index contributed by atoms with van der Waals surface area (Å²) in [6.45, 7) is 6.89. The zero-order valence-corrected chi connectivity index (χ0v) is 18.2. The number of aliphatic imine (C=N–C) groups is 1. The summed E-state index contributed by atoms with van der Waals surface area (Å²) in [5.41, 5.74) is 3.81. The lowest BCUT2D eigenvalue weighted by atomic mass is 10.1. The van der Waals surface area contributed by atoms with E-state index >= 15 is 0 Å². The normalized spacial score (nSPS) is 11.1. The maximum absolute atomic E-state index is 11.8. The number of hydrogen-bond donors (Lipinski definition) is 3. The van der Waals surface area contributed by atoms with Crippen LogP contribution in [0, 0.1) is 6.92 Å². The molecule has 0 aliphatic heterocycles. The van der Waals surface area contributed by atoms with Crippen LogP contribution in [-0.4, -0.2) is 45.8 Å². The number of guanidine groups is 1. The van der Waals surface area contributed by atoms with Crippen LogP contribution in [0.15, 0.2) is 47.5 Å². The number of amides is 1. The molecule has 0 aliphatic carbocycles. The standard InChI is InChI=1S/C23H32N4O3/c1-5-29-11-12-30-21-13-17(2)9-10-20(21)16-27-23(25-4)26-15-18-7-6-8-19(14-18)22(28)24-3/h6-10,13-14H,5,11-12,15-16H2,1-4H3,(H,24,28)(H2,25,26,27). The Bertz CT molecular complexity index is 852. The fraction of sp³-hybridized carbons (Fsp3) is 0.391. The average Bonchev–Trinajstić information content (AvgIpc) is 2.77. The molecule has 30 heavy (non-hydrogen) atoms. The molecule has 0 unspecified atom stereocenters. The predicted octanol–water partition coefficient (Wildman–Crippen LogP) is 2.64. The lowest BCUT2D eigenvalue weighted by Gasteiger charge is -2.16. The molecule has 0 fully saturated rings. The summed E-state index contributed by atoms with van der Waals surface area (Å²) in [7, 11) is 3.35. The molecule has 3 N–H and O–H groups in total. The van der Waals surface area contributed by atoms with Gasteiger partial charge in [0.15, 0.2) is 5.96 Å². The largest absolute Gasteiger partial charge is 0.491 e. The summed E-state index contributed by atoms with van der Waals surface area (Å²) in [6, 6.07) is 13.6. The second kappa shape index (κ2) is 12.5. The van der Waals surface area contributed by atoms with Crippen LogP contribution in [0.1, 0.15) is 34.0 Å². The number of nitrogens with one attached hydrogen (secondary N) is 3. The van der Waals surface area contributed by atoms with Gasteiger partial charge < -0.3 is 25.4 Å². The summed E-state index contributed by atoms with van der Waals surface area (Å²) in [4.78, 5) is 16.1. The van der Waals surface area contributed by atoms with Crippen molar-refractivity contribution >= 4 is 11.9 Å². The fourth-order valence-electron chi connectivity index (χ4n) is 2.85. The number of ether oxygens (including phenoxy) is 2. The Morgan fingerprint density at radius 3 is 2.60 bits per heavy atom. The van der Waals surface area contributed by atoms with Gasteiger partial charge in [-0.3, -0.25) is 9.79 Å². The second-order valence-corrected chi connectivity index (χ2v) is 6.72. The van der Waals surface area contributed by atoms with Gasteiger partial charge in [0.1, 0.15) is 12.4 Å². The number of carbonyl (C=O) groups excluding carboxylic acids is 1. The van der Waals surface area contributed by atoms with E-state index in [1.807, 2.05) is 38.1 Å². The molecule has 2 aromatic carbocycles. The molecule has 0 saturated heterocycles. The zero-order chi connectivity index (χ0) is 21.8. The van der Waals surface area contributed by atoms with Gasteiger partial charge in [0.2, 0.25) is 0 Å². The number of rotatable bonds is 10. The van der Waals surface area contributed by atoms with E-state index in [1.54, 1.807) is 20.2 Å². The monoisotopic (exact) mass is 412 g/mol. The Hall–Kier alpha value is -3.06. The molecule has 0 aliphatic rings. The van der Waals surface area contributed by atoms with Crippen LogP contribution in [0.4, 0.5) is 0 Å². The maximum Gasteiger partial charge on any atom is 0.251 e. The Morgan fingerprint density at radius 1 is 1.07 bits per heavy atom. The number of carbonyl (C=O) groups is 1. The van der Waals surface area contributed by atoms with E-state index in [0.29, 0.717) is 44.4 Å². The average molecular weight is 413 g/mol. The minimum Gasteiger partial charge on any atom is -0.491 e. The van der Waals surface area contributed by atoms with E-state index in [-0.39, 0.29) is 5.91 Å². The van der Waals surface area contributed by atoms with Crippen LogP contribution in [0.5, 0.6) is 5.75 Å². The maximum atomic E-state index is 11.8. The van der Waals surface area contributed by atoms with Crippen molar-refractivity contribution < 1.29 is 14.3 Å². The van der Waals surface area contributed by atoms with Crippen molar-refractivity contribution in [3.8, 4) is 5.75 Å². The molecular weight excluding hydrogens is 380 g/mol. The van der Waals surface area contributed by atoms with Gasteiger partial charge in [0, 0.05) is 44.9 Å². The Kier molecular flexibility index (Phi) is 9.67. The first-order valence-corrected chi connectivity index (χ1v) is 10.1. The second-order valence-electron chi connectivity index (χ2n) is 6.72. The van der Waals surface area contributed by atoms with Crippen molar-refractivity contribution in [3.63, 3.8) is 0 Å². The first-order valence-electron chi connectivity index (χ1n) is 10.1. The highest BCUT2D eigenvalue weighted by molar-refractivity contribution is 5.94. The van der Waals surface area contributed by atoms with Gasteiger partial charge in [-0.15, -0.1) is 0 Å². The molecule has 0 spiro atoms. The lowest BCUT2D eigenvalue weighted by molar-refractivity contribution is 0.0963. The van der Waals surface area contributed by atoms with Crippen LogP contribution >= 0.6 is 0 Å². The molecule has 0 aromatic heterocycles. The van der Waals surface area contributed by atoms with Crippen molar-refractivity contribution in [2.75, 3.05) is 33.9 Å². The number of nitrogens with zero attached hydrogens (tertiary/aromatic N) is 1. The number of aryl methyl sites for hydroxylation is 1. The molecule has 0 saturated carbocycles. The minimum atomic E-state index is -0.101. The van der Waals surface area contributed by atoms with E-state index in [9.17, 15) is 4.79 Å². The minimum absolute atomic E-state index is 0.101. The quantitative estimate of drug-likeness (QED) is 0.317. The van der Waals surface area contributed by atoms with E-state index in [4.69, 9.17) is 9.47 Å². The number of hydrogen-bond acceptors (Lipinski definition) is 4. The SMILES string of the molecule is CCOCCOc1cc(C)ccc1CNC(=NC)NCc1cccc(C(=O)NC)c1. The van der Waals surface area contributed by atoms with Gasteiger partial charge in [0.25, 0.3) is 5.91 Å². The van der Waals surface area contributed by atoms with E-state index < -0.39 is 0 Å². The molecule has 7 nitrogen and oxygen atoms in total. The zero-order valence-electron chi connectivity index (χ0n) is 18.2. The highest BCUT2D eigenvalue weighted by Gasteiger charge is 2.07. The van der Waals surface area contributed by atoms with Crippen LogP contribution in [0.2, 0.25) is 0 Å². The summed E-state index contributed by atoms with van der Waals surface area (Å²) >= 11 is 0. The number of benzene rings is 2. The van der Waals surface area contributed by atoms with Gasteiger partial charge in [0.05, 0.1) is 6.61 Å². The smallest absolute Gasteiger partial charge is 0.251 e. The van der Waals surface area contributed by atoms with Crippen molar-refractivity contribution in [1.82, 2.24) is 16.0 Å². The van der Waals surface area contributed by atoms with E-state index in [2.05, 4.69) is 33.1 Å². The van der Waals surface area contributed by atoms with Gasteiger partial charge in [-0.1, -0.05) is 24.3 Å². The van der Waals surface area contributed by atoms with Crippen LogP contribution in [-0.2, 0) is 17.8 Å². The lowest BCUT2D eigenvalue weighted by Crippen LogP contribution is -2.36. The third-order valence-corrected chi connectivity index (χ3v) is 4.46. The predicted molar refractivity (Wildman–Crippen MR) is 120 cm³/mol. The van der Waals surface area contributed by atoms with Crippen molar-refractivity contribution in [2.24, 2.45) is 4.99 Å². The van der Waals surface area contributed by atoms with E-state index in [0.717, 1.165) is 22.4 Å². The first-order chi connectivity index (χ1) is 14.6. The molecule has 0 bridgehead atoms. The highest BCUT2D eigenvalue weighted by atomic mass is 16.5. The highest BCUT2D eigenvalue weighted by Crippen LogP contribution is 2.20. The van der Waals surface area contributed by atoms with Crippen molar-refractivity contribution in [2.45, 2.75) is 26.9 Å². The first kappa shape index (κ1) is 23.2. The van der Waals surface area contributed by atoms with Gasteiger partial charge in [-0.2, -0.15) is 0 Å². The molecule has 2 aromatic rings. The van der Waals surface area contributed by atoms with Crippen LogP contribution < -0.4 is 20.7 Å². The van der Waals surface area contributed by atoms with Crippen LogP contribution in [0.3, 0.4) is 0 Å². The molecule has 7 heteroatoms. The summed E-state index contributed by atoms with van der Waals surface area (Å²) < 4.78 is 11.2. The van der Waals surface area contributed by atoms with Gasteiger partial charge >= 0.3 is 0 Å². The topological polar surface area (TPSA) is 84.0 Å². The molecule has 162 valence electrons. The van der Waals surface area contributed by atoms with E-state index in [1.165, 1.54) is 0 Å². The summed E-state index contributed by atoms with van der Waals surface area (Å²) in [6.07, 6.45) is 0. The van der Waals surface area contributed by atoms with Crippen molar-refractivity contribution in [1.29, 1.82) is 0 Å².